The van der Waals surface area contributed by atoms with Crippen molar-refractivity contribution in [1.82, 2.24) is 34.0 Å². The topological polar surface area (TPSA) is 86.2 Å². The van der Waals surface area contributed by atoms with Crippen LogP contribution in [0.2, 0.25) is 0 Å². The number of aliphatic hydroxyl groups is 1. The average molecular weight is 650 g/mol. The van der Waals surface area contributed by atoms with Crippen LogP contribution in [0.1, 0.15) is 50.3 Å². The number of fused-ring (bicyclic) bond motifs is 4. The van der Waals surface area contributed by atoms with Crippen LogP contribution in [0.25, 0.3) is 34.2 Å². The highest BCUT2D eigenvalue weighted by Crippen LogP contribution is 2.37. The summed E-state index contributed by atoms with van der Waals surface area (Å²) in [6.07, 6.45) is 6.53. The minimum atomic E-state index is -0.0548. The number of likely N-dealkylation sites (N-methyl/N-ethyl adjacent to an activating group) is 1. The van der Waals surface area contributed by atoms with Gasteiger partial charge in [-0.2, -0.15) is 15.3 Å². The Hall–Kier alpha value is -2.27. The van der Waals surface area contributed by atoms with E-state index in [2.05, 4.69) is 76.2 Å². The predicted octanol–water partition coefficient (Wildman–Crippen LogP) is 5.53. The Morgan fingerprint density at radius 2 is 2.00 bits per heavy atom. The van der Waals surface area contributed by atoms with Gasteiger partial charge < -0.3 is 9.84 Å². The molecule has 0 radical (unpaired) electrons. The molecule has 2 bridgehead atoms. The van der Waals surface area contributed by atoms with Gasteiger partial charge >= 0.3 is 0 Å². The van der Waals surface area contributed by atoms with Gasteiger partial charge in [-0.3, -0.25) is 9.58 Å². The van der Waals surface area contributed by atoms with Crippen LogP contribution in [0.5, 0.6) is 5.88 Å². The molecule has 3 aromatic heterocycles. The van der Waals surface area contributed by atoms with E-state index >= 15 is 0 Å². The van der Waals surface area contributed by atoms with Crippen LogP contribution in [0.15, 0.2) is 24.4 Å². The van der Waals surface area contributed by atoms with E-state index < -0.39 is 0 Å². The van der Waals surface area contributed by atoms with Crippen molar-refractivity contribution in [2.24, 2.45) is 7.05 Å². The molecule has 5 rings (SSSR count). The van der Waals surface area contributed by atoms with Gasteiger partial charge in [0.25, 0.3) is 0 Å². The first kappa shape index (κ1) is 28.7. The molecule has 9 nitrogen and oxygen atoms in total. The molecule has 0 spiro atoms. The molecule has 1 aliphatic heterocycles. The van der Waals surface area contributed by atoms with Gasteiger partial charge in [-0.15, -0.1) is 0 Å². The number of benzene rings is 1. The molecule has 38 heavy (non-hydrogen) atoms. The van der Waals surface area contributed by atoms with E-state index in [0.29, 0.717) is 19.5 Å². The lowest BCUT2D eigenvalue weighted by molar-refractivity contribution is 0.133. The number of aliphatic hydroxyl groups excluding tert-OH is 1. The van der Waals surface area contributed by atoms with Crippen molar-refractivity contribution in [1.29, 1.82) is 0 Å². The summed E-state index contributed by atoms with van der Waals surface area (Å²) in [7, 11) is 1.92. The SMILES string of the molecule is CC.CCN1Cc2c(c(C)nn2CCO)/C=C/c2nn(PI)c3ccc(cc23)-c2cnn(C)c2OC(C)C1. The molecule has 4 heterocycles. The first-order chi connectivity index (χ1) is 18.4. The summed E-state index contributed by atoms with van der Waals surface area (Å²) in [6.45, 7) is 13.1. The highest BCUT2D eigenvalue weighted by molar-refractivity contribution is 14.2. The Morgan fingerprint density at radius 3 is 2.71 bits per heavy atom. The van der Waals surface area contributed by atoms with Crippen molar-refractivity contribution in [2.75, 3.05) is 19.7 Å². The molecule has 2 atom stereocenters. The number of hydrogen-bond donors (Lipinski definition) is 1. The van der Waals surface area contributed by atoms with Crippen LogP contribution in [0.3, 0.4) is 0 Å². The molecule has 4 aromatic rings. The number of nitrogens with zero attached hydrogens (tertiary/aromatic N) is 7. The Bertz CT molecular complexity index is 1420. The lowest BCUT2D eigenvalue weighted by Gasteiger charge is -2.26. The summed E-state index contributed by atoms with van der Waals surface area (Å²) in [5, 5.41) is 24.9. The second-order valence-corrected chi connectivity index (χ2v) is 11.1. The monoisotopic (exact) mass is 649 g/mol. The summed E-state index contributed by atoms with van der Waals surface area (Å²) in [5.41, 5.74) is 7.15. The van der Waals surface area contributed by atoms with Crippen molar-refractivity contribution < 1.29 is 9.84 Å². The number of aryl methyl sites for hydroxylation is 2. The quantitative estimate of drug-likeness (QED) is 0.232. The highest BCUT2D eigenvalue weighted by atomic mass is 127. The fourth-order valence-corrected chi connectivity index (χ4v) is 6.37. The zero-order valence-corrected chi connectivity index (χ0v) is 26.1. The van der Waals surface area contributed by atoms with E-state index in [4.69, 9.17) is 14.9 Å². The maximum Gasteiger partial charge on any atom is 0.219 e. The van der Waals surface area contributed by atoms with Gasteiger partial charge in [-0.25, -0.2) is 9.13 Å². The molecule has 0 aliphatic carbocycles. The van der Waals surface area contributed by atoms with Crippen molar-refractivity contribution in [3.63, 3.8) is 0 Å². The van der Waals surface area contributed by atoms with Crippen molar-refractivity contribution >= 4 is 51.5 Å². The normalized spacial score (nSPS) is 17.0. The fourth-order valence-electron chi connectivity index (χ4n) is 4.84. The first-order valence-electron chi connectivity index (χ1n) is 13.1. The second-order valence-electron chi connectivity index (χ2n) is 9.08. The summed E-state index contributed by atoms with van der Waals surface area (Å²) < 4.78 is 12.3. The third-order valence-electron chi connectivity index (χ3n) is 6.64. The summed E-state index contributed by atoms with van der Waals surface area (Å²) >= 11 is 2.37. The van der Waals surface area contributed by atoms with Crippen LogP contribution in [-0.2, 0) is 20.1 Å². The Labute approximate surface area is 239 Å². The van der Waals surface area contributed by atoms with Gasteiger partial charge in [0.05, 0.1) is 53.9 Å². The molecule has 0 fully saturated rings. The largest absolute Gasteiger partial charge is 0.473 e. The molecule has 1 N–H and O–H groups in total. The lowest BCUT2D eigenvalue weighted by atomic mass is 10.0. The molecule has 1 aromatic carbocycles. The van der Waals surface area contributed by atoms with E-state index in [1.54, 1.807) is 4.68 Å². The Balaban J connectivity index is 0.00000164. The molecule has 11 heteroatoms. The fraction of sp³-hybridized carbons (Fsp3) is 0.444. The van der Waals surface area contributed by atoms with E-state index in [1.165, 1.54) is 0 Å². The molecule has 2 unspecified atom stereocenters. The lowest BCUT2D eigenvalue weighted by Crippen LogP contribution is -2.34. The third-order valence-corrected chi connectivity index (χ3v) is 8.51. The van der Waals surface area contributed by atoms with Crippen LogP contribution in [-0.4, -0.2) is 64.9 Å². The van der Waals surface area contributed by atoms with Crippen LogP contribution in [0, 0.1) is 6.92 Å². The third kappa shape index (κ3) is 5.68. The van der Waals surface area contributed by atoms with Gasteiger partial charge in [0, 0.05) is 31.1 Å². The van der Waals surface area contributed by atoms with Crippen LogP contribution in [0.4, 0.5) is 0 Å². The van der Waals surface area contributed by atoms with E-state index in [-0.39, 0.29) is 12.7 Å². The van der Waals surface area contributed by atoms with Gasteiger partial charge in [0.15, 0.2) is 0 Å². The van der Waals surface area contributed by atoms with E-state index in [0.717, 1.165) is 63.6 Å². The maximum absolute atomic E-state index is 9.68. The van der Waals surface area contributed by atoms with E-state index in [9.17, 15) is 5.11 Å². The molecular formula is C27H37IN7O2P. The highest BCUT2D eigenvalue weighted by Gasteiger charge is 2.22. The van der Waals surface area contributed by atoms with Crippen molar-refractivity contribution in [3.8, 4) is 17.0 Å². The Morgan fingerprint density at radius 1 is 1.21 bits per heavy atom. The predicted molar refractivity (Wildman–Crippen MR) is 165 cm³/mol. The zero-order valence-electron chi connectivity index (χ0n) is 22.9. The molecule has 1 aliphatic rings. The first-order valence-corrected chi connectivity index (χ1v) is 17.2. The number of rotatable bonds is 4. The number of ether oxygens (including phenoxy) is 1. The molecule has 0 saturated heterocycles. The maximum atomic E-state index is 9.68. The Kier molecular flexibility index (Phi) is 9.62. The van der Waals surface area contributed by atoms with Crippen molar-refractivity contribution in [3.05, 3.63) is 47.0 Å². The van der Waals surface area contributed by atoms with Crippen molar-refractivity contribution in [2.45, 2.75) is 53.8 Å². The van der Waals surface area contributed by atoms with Gasteiger partial charge in [-0.1, -0.05) is 26.8 Å². The standard InChI is InChI=1S/C25H31IN7O2P.C2H6/c1-5-31-14-16(2)35-25-21(13-27-30(25)4)18-6-9-23-20(12-18)22(29-33(23)36-26)8-7-19-17(3)28-32(10-11-34)24(19)15-31;1-2/h6-9,12-13,16,34,36H,5,10-11,14-15H2,1-4H3;1-2H3/b8-7+;. The van der Waals surface area contributed by atoms with Crippen LogP contribution >= 0.6 is 28.4 Å². The minimum absolute atomic E-state index is 0.0422. The number of hydrogen-bond acceptors (Lipinski definition) is 6. The summed E-state index contributed by atoms with van der Waals surface area (Å²) in [4.78, 5) is 2.35. The van der Waals surface area contributed by atoms with E-state index in [1.807, 2.05) is 43.1 Å². The summed E-state index contributed by atoms with van der Waals surface area (Å²) in [5.74, 6) is 0.759. The summed E-state index contributed by atoms with van der Waals surface area (Å²) in [6, 6.07) is 6.44. The van der Waals surface area contributed by atoms with Gasteiger partial charge in [0.2, 0.25) is 5.88 Å². The zero-order chi connectivity index (χ0) is 27.4. The molecule has 0 amide bonds. The van der Waals surface area contributed by atoms with Crippen LogP contribution < -0.4 is 4.74 Å². The molecular weight excluding hydrogens is 612 g/mol. The average Bonchev–Trinajstić information content (AvgIpc) is 3.56. The molecule has 0 saturated carbocycles. The smallest absolute Gasteiger partial charge is 0.219 e. The van der Waals surface area contributed by atoms with Gasteiger partial charge in [-0.05, 0) is 72.3 Å². The van der Waals surface area contributed by atoms with Gasteiger partial charge in [0.1, 0.15) is 6.10 Å². The number of halogens is 1. The minimum Gasteiger partial charge on any atom is -0.473 e. The molecule has 204 valence electrons. The second kappa shape index (κ2) is 12.7. The number of aromatic nitrogens is 6.